The maximum atomic E-state index is 12.2. The third-order valence-corrected chi connectivity index (χ3v) is 5.06. The van der Waals surface area contributed by atoms with Crippen molar-refractivity contribution in [2.45, 2.75) is 24.7 Å². The second kappa shape index (κ2) is 8.06. The number of halogens is 1. The van der Waals surface area contributed by atoms with Gasteiger partial charge >= 0.3 is 0 Å². The highest BCUT2D eigenvalue weighted by molar-refractivity contribution is 7.98. The molecule has 1 N–H and O–H groups in total. The number of thioether (sulfide) groups is 1. The van der Waals surface area contributed by atoms with Gasteiger partial charge in [-0.05, 0) is 56.3 Å². The van der Waals surface area contributed by atoms with E-state index in [1.54, 1.807) is 17.8 Å². The lowest BCUT2D eigenvalue weighted by molar-refractivity contribution is 0.0944. The number of piperidine rings is 1. The maximum Gasteiger partial charge on any atom is 0.252 e. The van der Waals surface area contributed by atoms with Crippen molar-refractivity contribution in [1.29, 1.82) is 0 Å². The number of amides is 1. The summed E-state index contributed by atoms with van der Waals surface area (Å²) in [6, 6.07) is 5.57. The van der Waals surface area contributed by atoms with Gasteiger partial charge in [-0.3, -0.25) is 4.79 Å². The molecule has 1 aromatic carbocycles. The van der Waals surface area contributed by atoms with E-state index >= 15 is 0 Å². The largest absolute Gasteiger partial charge is 0.351 e. The number of benzene rings is 1. The van der Waals surface area contributed by atoms with Crippen LogP contribution in [-0.2, 0) is 0 Å². The molecule has 0 unspecified atom stereocenters. The van der Waals surface area contributed by atoms with Crippen LogP contribution in [0.2, 0.25) is 5.02 Å². The Morgan fingerprint density at radius 3 is 2.81 bits per heavy atom. The molecule has 21 heavy (non-hydrogen) atoms. The molecule has 3 nitrogen and oxygen atoms in total. The van der Waals surface area contributed by atoms with Crippen LogP contribution >= 0.6 is 23.4 Å². The molecule has 5 heteroatoms. The van der Waals surface area contributed by atoms with Gasteiger partial charge < -0.3 is 10.2 Å². The Bertz CT molecular complexity index is 487. The van der Waals surface area contributed by atoms with Crippen molar-refractivity contribution in [2.75, 3.05) is 32.4 Å². The Labute approximate surface area is 136 Å². The lowest BCUT2D eigenvalue weighted by Gasteiger charge is -2.30. The normalized spacial score (nSPS) is 16.9. The van der Waals surface area contributed by atoms with E-state index in [4.69, 9.17) is 11.6 Å². The fourth-order valence-corrected chi connectivity index (χ4v) is 3.16. The van der Waals surface area contributed by atoms with Crippen LogP contribution in [0, 0.1) is 5.92 Å². The van der Waals surface area contributed by atoms with Gasteiger partial charge in [0, 0.05) is 18.0 Å². The number of nitrogens with zero attached hydrogens (tertiary/aromatic N) is 1. The summed E-state index contributed by atoms with van der Waals surface area (Å²) in [5, 5.41) is 3.49. The second-order valence-corrected chi connectivity index (χ2v) is 6.91. The summed E-state index contributed by atoms with van der Waals surface area (Å²) in [6.07, 6.45) is 4.51. The Morgan fingerprint density at radius 2 is 2.14 bits per heavy atom. The van der Waals surface area contributed by atoms with Crippen molar-refractivity contribution >= 4 is 29.3 Å². The quantitative estimate of drug-likeness (QED) is 0.840. The monoisotopic (exact) mass is 326 g/mol. The molecule has 0 saturated carbocycles. The zero-order valence-electron chi connectivity index (χ0n) is 12.7. The third kappa shape index (κ3) is 4.90. The standard InChI is InChI=1S/C16H23ClN2OS/c1-12-5-8-19(9-6-12)10-7-18-16(20)14-11-13(21-2)3-4-15(14)17/h3-4,11-12H,5-10H2,1-2H3,(H,18,20). The van der Waals surface area contributed by atoms with Gasteiger partial charge in [0.15, 0.2) is 0 Å². The molecule has 0 aromatic heterocycles. The topological polar surface area (TPSA) is 32.3 Å². The van der Waals surface area contributed by atoms with Crippen LogP contribution in [-0.4, -0.2) is 43.2 Å². The van der Waals surface area contributed by atoms with E-state index in [1.165, 1.54) is 12.8 Å². The Kier molecular flexibility index (Phi) is 6.40. The van der Waals surface area contributed by atoms with Crippen LogP contribution in [0.3, 0.4) is 0 Å². The third-order valence-electron chi connectivity index (χ3n) is 4.01. The van der Waals surface area contributed by atoms with Gasteiger partial charge in [0.1, 0.15) is 0 Å². The van der Waals surface area contributed by atoms with Crippen LogP contribution < -0.4 is 5.32 Å². The van der Waals surface area contributed by atoms with Crippen LogP contribution in [0.1, 0.15) is 30.1 Å². The van der Waals surface area contributed by atoms with Gasteiger partial charge in [0.05, 0.1) is 10.6 Å². The van der Waals surface area contributed by atoms with E-state index in [9.17, 15) is 4.79 Å². The fourth-order valence-electron chi connectivity index (χ4n) is 2.51. The van der Waals surface area contributed by atoms with E-state index < -0.39 is 0 Å². The highest BCUT2D eigenvalue weighted by Crippen LogP contribution is 2.23. The van der Waals surface area contributed by atoms with Gasteiger partial charge in [0.2, 0.25) is 0 Å². The Balaban J connectivity index is 1.82. The molecule has 1 fully saturated rings. The summed E-state index contributed by atoms with van der Waals surface area (Å²) in [4.78, 5) is 15.7. The lowest BCUT2D eigenvalue weighted by Crippen LogP contribution is -2.39. The van der Waals surface area contributed by atoms with Crippen molar-refractivity contribution < 1.29 is 4.79 Å². The van der Waals surface area contributed by atoms with Crippen molar-refractivity contribution in [3.8, 4) is 0 Å². The van der Waals surface area contributed by atoms with Gasteiger partial charge in [-0.25, -0.2) is 0 Å². The van der Waals surface area contributed by atoms with E-state index in [0.717, 1.165) is 30.4 Å². The minimum absolute atomic E-state index is 0.0822. The smallest absolute Gasteiger partial charge is 0.252 e. The van der Waals surface area contributed by atoms with Crippen molar-refractivity contribution in [3.05, 3.63) is 28.8 Å². The molecule has 0 aliphatic carbocycles. The Morgan fingerprint density at radius 1 is 1.43 bits per heavy atom. The van der Waals surface area contributed by atoms with E-state index in [-0.39, 0.29) is 5.91 Å². The van der Waals surface area contributed by atoms with E-state index in [1.807, 2.05) is 18.4 Å². The second-order valence-electron chi connectivity index (χ2n) is 5.63. The summed E-state index contributed by atoms with van der Waals surface area (Å²) in [5.74, 6) is 0.755. The highest BCUT2D eigenvalue weighted by Gasteiger charge is 2.16. The van der Waals surface area contributed by atoms with Crippen LogP contribution in [0.4, 0.5) is 0 Å². The predicted octanol–water partition coefficient (Wildman–Crippen LogP) is 3.52. The molecule has 1 aliphatic rings. The maximum absolute atomic E-state index is 12.2. The molecule has 1 heterocycles. The Hall–Kier alpha value is -0.710. The van der Waals surface area contributed by atoms with E-state index in [2.05, 4.69) is 17.1 Å². The molecule has 1 amide bonds. The van der Waals surface area contributed by atoms with E-state index in [0.29, 0.717) is 17.1 Å². The summed E-state index contributed by atoms with van der Waals surface area (Å²) >= 11 is 7.72. The molecular weight excluding hydrogens is 304 g/mol. The minimum Gasteiger partial charge on any atom is -0.351 e. The molecule has 0 bridgehead atoms. The average Bonchev–Trinajstić information content (AvgIpc) is 2.49. The molecule has 0 spiro atoms. The van der Waals surface area contributed by atoms with Crippen LogP contribution in [0.15, 0.2) is 23.1 Å². The summed E-state index contributed by atoms with van der Waals surface area (Å²) in [5.41, 5.74) is 0.566. The highest BCUT2D eigenvalue weighted by atomic mass is 35.5. The number of hydrogen-bond acceptors (Lipinski definition) is 3. The molecule has 0 radical (unpaired) electrons. The first-order valence-electron chi connectivity index (χ1n) is 7.44. The molecular formula is C16H23ClN2OS. The molecule has 1 saturated heterocycles. The zero-order valence-corrected chi connectivity index (χ0v) is 14.3. The van der Waals surface area contributed by atoms with Gasteiger partial charge in [0.25, 0.3) is 5.91 Å². The van der Waals surface area contributed by atoms with Gasteiger partial charge in [-0.1, -0.05) is 18.5 Å². The average molecular weight is 327 g/mol. The van der Waals surface area contributed by atoms with Crippen molar-refractivity contribution in [3.63, 3.8) is 0 Å². The van der Waals surface area contributed by atoms with Crippen LogP contribution in [0.5, 0.6) is 0 Å². The molecule has 2 rings (SSSR count). The summed E-state index contributed by atoms with van der Waals surface area (Å²) < 4.78 is 0. The predicted molar refractivity (Wildman–Crippen MR) is 90.4 cm³/mol. The number of likely N-dealkylation sites (tertiary alicyclic amines) is 1. The number of carbonyl (C=O) groups excluding carboxylic acids is 1. The number of rotatable bonds is 5. The zero-order chi connectivity index (χ0) is 15.2. The number of nitrogens with one attached hydrogen (secondary N) is 1. The van der Waals surface area contributed by atoms with Crippen LogP contribution in [0.25, 0.3) is 0 Å². The van der Waals surface area contributed by atoms with Crippen molar-refractivity contribution in [2.24, 2.45) is 5.92 Å². The van der Waals surface area contributed by atoms with Crippen molar-refractivity contribution in [1.82, 2.24) is 10.2 Å². The number of carbonyl (C=O) groups is 1. The summed E-state index contributed by atoms with van der Waals surface area (Å²) in [7, 11) is 0. The first kappa shape index (κ1) is 16.7. The summed E-state index contributed by atoms with van der Waals surface area (Å²) in [6.45, 7) is 6.17. The molecule has 0 atom stereocenters. The molecule has 1 aliphatic heterocycles. The lowest BCUT2D eigenvalue weighted by atomic mass is 9.99. The fraction of sp³-hybridized carbons (Fsp3) is 0.562. The molecule has 1 aromatic rings. The number of hydrogen-bond donors (Lipinski definition) is 1. The van der Waals surface area contributed by atoms with Gasteiger partial charge in [-0.15, -0.1) is 11.8 Å². The molecule has 116 valence electrons. The SMILES string of the molecule is CSc1ccc(Cl)c(C(=O)NCCN2CCC(C)CC2)c1. The first-order valence-corrected chi connectivity index (χ1v) is 9.04. The van der Waals surface area contributed by atoms with Gasteiger partial charge in [-0.2, -0.15) is 0 Å². The minimum atomic E-state index is -0.0822. The first-order chi connectivity index (χ1) is 10.1.